The fourth-order valence-corrected chi connectivity index (χ4v) is 2.43. The van der Waals surface area contributed by atoms with Crippen LogP contribution in [0.2, 0.25) is 0 Å². The number of aryl methyl sites for hydroxylation is 1. The first-order chi connectivity index (χ1) is 8.94. The molecule has 1 aromatic carbocycles. The second kappa shape index (κ2) is 4.70. The van der Waals surface area contributed by atoms with Crippen LogP contribution in [0.25, 0.3) is 4.98 Å². The maximum Gasteiger partial charge on any atom is 0.385 e. The quantitative estimate of drug-likeness (QED) is 0.870. The van der Waals surface area contributed by atoms with E-state index in [1.165, 1.54) is 24.3 Å². The minimum atomic E-state index is -3.75. The molecule has 1 heterocycles. The molecule has 2 rings (SSSR count). The second-order valence-corrected chi connectivity index (χ2v) is 5.60. The van der Waals surface area contributed by atoms with Gasteiger partial charge >= 0.3 is 5.69 Å². The number of aromatic nitrogens is 1. The Labute approximate surface area is 109 Å². The van der Waals surface area contributed by atoms with Crippen LogP contribution < -0.4 is 4.72 Å². The van der Waals surface area contributed by atoms with E-state index in [1.807, 2.05) is 0 Å². The standard InChI is InChI=1S/C11H11N4O3S/c1-7-8(2)14-18-11(7)15-19(16,17)10-5-3-9(13-12)4-6-10/h3-6,15H,1-2H3/q+1. The smallest absolute Gasteiger partial charge is 0.337 e. The molecular formula is C11H11N4O3S+. The van der Waals surface area contributed by atoms with Gasteiger partial charge in [-0.3, -0.25) is 0 Å². The zero-order valence-corrected chi connectivity index (χ0v) is 11.1. The van der Waals surface area contributed by atoms with Crippen LogP contribution in [0.4, 0.5) is 11.6 Å². The number of diazo groups is 1. The maximum absolute atomic E-state index is 12.1. The van der Waals surface area contributed by atoms with Crippen molar-refractivity contribution in [2.24, 2.45) is 0 Å². The van der Waals surface area contributed by atoms with Crippen molar-refractivity contribution < 1.29 is 12.9 Å². The van der Waals surface area contributed by atoms with E-state index in [4.69, 9.17) is 9.92 Å². The summed E-state index contributed by atoms with van der Waals surface area (Å²) >= 11 is 0. The second-order valence-electron chi connectivity index (χ2n) is 3.92. The van der Waals surface area contributed by atoms with Crippen molar-refractivity contribution in [2.45, 2.75) is 18.7 Å². The van der Waals surface area contributed by atoms with Gasteiger partial charge in [-0.05, 0) is 26.0 Å². The van der Waals surface area contributed by atoms with E-state index in [0.717, 1.165) is 0 Å². The monoisotopic (exact) mass is 279 g/mol. The molecule has 0 aliphatic heterocycles. The van der Waals surface area contributed by atoms with Gasteiger partial charge in [-0.25, -0.2) is 13.1 Å². The fraction of sp³-hybridized carbons (Fsp3) is 0.182. The highest BCUT2D eigenvalue weighted by Crippen LogP contribution is 2.22. The lowest BCUT2D eigenvalue weighted by atomic mass is 10.3. The molecule has 0 atom stereocenters. The molecule has 1 N–H and O–H groups in total. The third kappa shape index (κ3) is 2.56. The molecule has 0 fully saturated rings. The van der Waals surface area contributed by atoms with Gasteiger partial charge in [-0.15, -0.1) is 0 Å². The number of nitrogens with zero attached hydrogens (tertiary/aromatic N) is 3. The molecule has 0 aliphatic carbocycles. The van der Waals surface area contributed by atoms with Crippen LogP contribution in [0.5, 0.6) is 0 Å². The first-order valence-corrected chi connectivity index (χ1v) is 6.83. The molecule has 1 aromatic heterocycles. The lowest BCUT2D eigenvalue weighted by Crippen LogP contribution is -2.12. The molecule has 8 heteroatoms. The van der Waals surface area contributed by atoms with E-state index < -0.39 is 10.0 Å². The van der Waals surface area contributed by atoms with Crippen molar-refractivity contribution in [3.63, 3.8) is 0 Å². The molecule has 19 heavy (non-hydrogen) atoms. The van der Waals surface area contributed by atoms with Gasteiger partial charge in [0.1, 0.15) is 0 Å². The summed E-state index contributed by atoms with van der Waals surface area (Å²) in [6.45, 7) is 3.42. The summed E-state index contributed by atoms with van der Waals surface area (Å²) in [6.07, 6.45) is 0. The first-order valence-electron chi connectivity index (χ1n) is 5.35. The van der Waals surface area contributed by atoms with Crippen LogP contribution in [0.15, 0.2) is 33.7 Å². The summed E-state index contributed by atoms with van der Waals surface area (Å²) < 4.78 is 31.4. The molecule has 2 aromatic rings. The van der Waals surface area contributed by atoms with Crippen molar-refractivity contribution in [1.82, 2.24) is 5.16 Å². The normalized spacial score (nSPS) is 11.0. The third-order valence-electron chi connectivity index (χ3n) is 2.65. The van der Waals surface area contributed by atoms with Gasteiger partial charge in [0.2, 0.25) is 11.3 Å². The molecule has 98 valence electrons. The molecular weight excluding hydrogens is 268 g/mol. The van der Waals surface area contributed by atoms with Crippen LogP contribution in [0.3, 0.4) is 0 Å². The van der Waals surface area contributed by atoms with Crippen LogP contribution >= 0.6 is 0 Å². The summed E-state index contributed by atoms with van der Waals surface area (Å²) in [7, 11) is -3.75. The van der Waals surface area contributed by atoms with E-state index >= 15 is 0 Å². The molecule has 0 bridgehead atoms. The fourth-order valence-electron chi connectivity index (χ4n) is 1.38. The SMILES string of the molecule is Cc1noc(NS(=O)(=O)c2ccc([N+]#N)cc2)c1C. The largest absolute Gasteiger partial charge is 0.385 e. The predicted molar refractivity (Wildman–Crippen MR) is 68.0 cm³/mol. The van der Waals surface area contributed by atoms with Gasteiger partial charge in [-0.2, -0.15) is 0 Å². The Morgan fingerprint density at radius 2 is 1.89 bits per heavy atom. The Kier molecular flexibility index (Phi) is 3.23. The average molecular weight is 279 g/mol. The van der Waals surface area contributed by atoms with E-state index in [0.29, 0.717) is 11.3 Å². The van der Waals surface area contributed by atoms with Gasteiger partial charge in [0.25, 0.3) is 10.0 Å². The number of rotatable bonds is 3. The highest BCUT2D eigenvalue weighted by molar-refractivity contribution is 7.92. The van der Waals surface area contributed by atoms with Gasteiger partial charge < -0.3 is 4.52 Å². The number of hydrogen-bond acceptors (Lipinski definition) is 5. The number of sulfonamides is 1. The van der Waals surface area contributed by atoms with Crippen molar-refractivity contribution in [3.05, 3.63) is 40.5 Å². The summed E-state index contributed by atoms with van der Waals surface area (Å²) in [5.41, 5.74) is 1.52. The lowest BCUT2D eigenvalue weighted by Gasteiger charge is -2.04. The van der Waals surface area contributed by atoms with Crippen molar-refractivity contribution in [2.75, 3.05) is 4.72 Å². The summed E-state index contributed by atoms with van der Waals surface area (Å²) in [5, 5.41) is 12.2. The zero-order valence-electron chi connectivity index (χ0n) is 10.3. The van der Waals surface area contributed by atoms with Gasteiger partial charge in [-0.1, -0.05) is 5.16 Å². The van der Waals surface area contributed by atoms with Crippen LogP contribution in [0.1, 0.15) is 11.3 Å². The van der Waals surface area contributed by atoms with E-state index in [-0.39, 0.29) is 16.5 Å². The molecule has 0 radical (unpaired) electrons. The van der Waals surface area contributed by atoms with Crippen LogP contribution in [0, 0.1) is 19.2 Å². The Balaban J connectivity index is 2.32. The molecule has 0 saturated carbocycles. The molecule has 0 unspecified atom stereocenters. The van der Waals surface area contributed by atoms with E-state index in [2.05, 4.69) is 14.9 Å². The number of anilines is 1. The minimum absolute atomic E-state index is 0.0355. The Morgan fingerprint density at radius 3 is 2.37 bits per heavy atom. The summed E-state index contributed by atoms with van der Waals surface area (Å²) in [6, 6.07) is 5.42. The first kappa shape index (κ1) is 13.0. The Morgan fingerprint density at radius 1 is 1.26 bits per heavy atom. The molecule has 0 amide bonds. The van der Waals surface area contributed by atoms with Crippen molar-refractivity contribution >= 4 is 21.6 Å². The summed E-state index contributed by atoms with van der Waals surface area (Å²) in [4.78, 5) is 2.99. The average Bonchev–Trinajstić information content (AvgIpc) is 2.70. The third-order valence-corrected chi connectivity index (χ3v) is 3.99. The van der Waals surface area contributed by atoms with Crippen molar-refractivity contribution in [3.8, 4) is 0 Å². The van der Waals surface area contributed by atoms with E-state index in [9.17, 15) is 8.42 Å². The molecule has 0 spiro atoms. The van der Waals surface area contributed by atoms with Gasteiger partial charge in [0.15, 0.2) is 4.98 Å². The van der Waals surface area contributed by atoms with Gasteiger partial charge in [0, 0.05) is 17.7 Å². The highest BCUT2D eigenvalue weighted by Gasteiger charge is 2.20. The highest BCUT2D eigenvalue weighted by atomic mass is 32.2. The van der Waals surface area contributed by atoms with E-state index in [1.54, 1.807) is 13.8 Å². The number of hydrogen-bond donors (Lipinski definition) is 1. The number of benzene rings is 1. The lowest BCUT2D eigenvalue weighted by molar-refractivity contribution is 0.430. The maximum atomic E-state index is 12.1. The predicted octanol–water partition coefficient (Wildman–Crippen LogP) is 2.58. The Bertz CT molecular complexity index is 741. The van der Waals surface area contributed by atoms with Crippen LogP contribution in [-0.2, 0) is 10.0 Å². The van der Waals surface area contributed by atoms with Crippen molar-refractivity contribution in [1.29, 1.82) is 5.39 Å². The molecule has 7 nitrogen and oxygen atoms in total. The topological polar surface area (TPSA) is 100 Å². The summed E-state index contributed by atoms with van der Waals surface area (Å²) in [5.74, 6) is 0.0911. The minimum Gasteiger partial charge on any atom is -0.337 e. The van der Waals surface area contributed by atoms with Gasteiger partial charge in [0.05, 0.1) is 10.6 Å². The molecule has 0 aliphatic rings. The molecule has 0 saturated heterocycles. The Hall–Kier alpha value is -2.40. The zero-order chi connectivity index (χ0) is 14.0. The van der Waals surface area contributed by atoms with Crippen LogP contribution in [-0.4, -0.2) is 13.6 Å². The number of nitrogens with one attached hydrogen (secondary N) is 1.